The summed E-state index contributed by atoms with van der Waals surface area (Å²) in [4.78, 5) is 10.9. The molecule has 0 saturated heterocycles. The number of benzene rings is 1. The number of halogens is 1. The molecule has 0 aliphatic rings. The molecule has 0 atom stereocenters. The molecular weight excluding hydrogens is 248 g/mol. The highest BCUT2D eigenvalue weighted by atomic mass is 35.5. The van der Waals surface area contributed by atoms with Crippen LogP contribution >= 0.6 is 11.6 Å². The minimum Gasteiger partial charge on any atom is -0.281 e. The Bertz CT molecular complexity index is 506. The van der Waals surface area contributed by atoms with Crippen molar-refractivity contribution in [3.63, 3.8) is 0 Å². The van der Waals surface area contributed by atoms with Gasteiger partial charge in [0.15, 0.2) is 9.84 Å². The molecule has 0 saturated carbocycles. The number of hydrogen-bond donors (Lipinski definition) is 0. The van der Waals surface area contributed by atoms with E-state index in [1.807, 2.05) is 13.0 Å². The standard InChI is InChI=1S/C11H13ClO3S/c1-8-3-4-9(2)10(7-8)16(14,15)6-5-11(12)13/h3-4,7H,5-6H2,1-2H3. The van der Waals surface area contributed by atoms with Crippen LogP contribution in [-0.2, 0) is 14.6 Å². The van der Waals surface area contributed by atoms with E-state index in [-0.39, 0.29) is 17.1 Å². The summed E-state index contributed by atoms with van der Waals surface area (Å²) >= 11 is 5.14. The van der Waals surface area contributed by atoms with Crippen molar-refractivity contribution >= 4 is 26.7 Å². The number of sulfone groups is 1. The largest absolute Gasteiger partial charge is 0.281 e. The van der Waals surface area contributed by atoms with Crippen LogP contribution < -0.4 is 0 Å². The number of aryl methyl sites for hydroxylation is 2. The van der Waals surface area contributed by atoms with Crippen LogP contribution in [0, 0.1) is 13.8 Å². The first kappa shape index (κ1) is 13.2. The molecule has 88 valence electrons. The monoisotopic (exact) mass is 260 g/mol. The molecule has 0 amide bonds. The van der Waals surface area contributed by atoms with Crippen molar-refractivity contribution in [2.45, 2.75) is 25.2 Å². The fourth-order valence-corrected chi connectivity index (χ4v) is 3.17. The Balaban J connectivity index is 3.07. The first-order valence-electron chi connectivity index (χ1n) is 4.81. The van der Waals surface area contributed by atoms with Gasteiger partial charge in [-0.2, -0.15) is 0 Å². The second kappa shape index (κ2) is 4.97. The van der Waals surface area contributed by atoms with Gasteiger partial charge >= 0.3 is 0 Å². The van der Waals surface area contributed by atoms with Crippen molar-refractivity contribution in [2.75, 3.05) is 5.75 Å². The van der Waals surface area contributed by atoms with E-state index in [9.17, 15) is 13.2 Å². The second-order valence-electron chi connectivity index (χ2n) is 3.69. The Morgan fingerprint density at radius 2 is 1.94 bits per heavy atom. The van der Waals surface area contributed by atoms with Crippen LogP contribution in [0.15, 0.2) is 23.1 Å². The molecule has 0 unspecified atom stereocenters. The lowest BCUT2D eigenvalue weighted by molar-refractivity contribution is -0.111. The molecule has 5 heteroatoms. The fourth-order valence-electron chi connectivity index (χ4n) is 1.37. The molecule has 0 fully saturated rings. The van der Waals surface area contributed by atoms with Gasteiger partial charge in [0.25, 0.3) is 0 Å². The van der Waals surface area contributed by atoms with Crippen LogP contribution in [0.2, 0.25) is 0 Å². The third-order valence-electron chi connectivity index (χ3n) is 2.25. The summed E-state index contributed by atoms with van der Waals surface area (Å²) in [5.41, 5.74) is 1.56. The third kappa shape index (κ3) is 3.32. The van der Waals surface area contributed by atoms with Gasteiger partial charge < -0.3 is 0 Å². The highest BCUT2D eigenvalue weighted by Gasteiger charge is 2.18. The van der Waals surface area contributed by atoms with Gasteiger partial charge in [-0.05, 0) is 42.6 Å². The van der Waals surface area contributed by atoms with Crippen LogP contribution in [0.5, 0.6) is 0 Å². The van der Waals surface area contributed by atoms with E-state index in [1.165, 1.54) is 0 Å². The minimum absolute atomic E-state index is 0.155. The molecule has 1 aromatic carbocycles. The summed E-state index contributed by atoms with van der Waals surface area (Å²) in [6.07, 6.45) is -0.155. The fraction of sp³-hybridized carbons (Fsp3) is 0.364. The minimum atomic E-state index is -3.41. The van der Waals surface area contributed by atoms with Gasteiger partial charge in [0, 0.05) is 6.42 Å². The highest BCUT2D eigenvalue weighted by Crippen LogP contribution is 2.19. The Labute approximate surface area is 100 Å². The predicted octanol–water partition coefficient (Wildman–Crippen LogP) is 2.23. The van der Waals surface area contributed by atoms with Crippen LogP contribution in [-0.4, -0.2) is 19.4 Å². The van der Waals surface area contributed by atoms with Gasteiger partial charge in [0.1, 0.15) is 0 Å². The van der Waals surface area contributed by atoms with E-state index in [1.54, 1.807) is 19.1 Å². The Morgan fingerprint density at radius 1 is 1.31 bits per heavy atom. The molecule has 0 N–H and O–H groups in total. The number of hydrogen-bond acceptors (Lipinski definition) is 3. The smallest absolute Gasteiger partial charge is 0.222 e. The topological polar surface area (TPSA) is 51.2 Å². The average molecular weight is 261 g/mol. The molecular formula is C11H13ClO3S. The molecule has 1 rings (SSSR count). The molecule has 0 aliphatic heterocycles. The van der Waals surface area contributed by atoms with Crippen LogP contribution in [0.25, 0.3) is 0 Å². The predicted molar refractivity (Wildman–Crippen MR) is 63.4 cm³/mol. The summed E-state index contributed by atoms with van der Waals surface area (Å²) in [6.45, 7) is 3.56. The van der Waals surface area contributed by atoms with Crippen LogP contribution in [0.4, 0.5) is 0 Å². The van der Waals surface area contributed by atoms with Gasteiger partial charge in [-0.25, -0.2) is 8.42 Å². The number of rotatable bonds is 4. The lowest BCUT2D eigenvalue weighted by Crippen LogP contribution is -2.10. The van der Waals surface area contributed by atoms with Crippen LogP contribution in [0.3, 0.4) is 0 Å². The van der Waals surface area contributed by atoms with Crippen molar-refractivity contribution in [1.29, 1.82) is 0 Å². The first-order chi connectivity index (χ1) is 7.33. The van der Waals surface area contributed by atoms with Crippen molar-refractivity contribution in [2.24, 2.45) is 0 Å². The molecule has 1 aromatic rings. The van der Waals surface area contributed by atoms with Gasteiger partial charge in [-0.15, -0.1) is 0 Å². The maximum atomic E-state index is 11.9. The van der Waals surface area contributed by atoms with E-state index in [4.69, 9.17) is 11.6 Å². The molecule has 0 bridgehead atoms. The first-order valence-corrected chi connectivity index (χ1v) is 6.84. The lowest BCUT2D eigenvalue weighted by Gasteiger charge is -2.07. The van der Waals surface area contributed by atoms with Gasteiger partial charge in [-0.3, -0.25) is 4.79 Å². The SMILES string of the molecule is Cc1ccc(C)c(S(=O)(=O)CCC(=O)Cl)c1. The Hall–Kier alpha value is -0.870. The molecule has 0 radical (unpaired) electrons. The zero-order valence-corrected chi connectivity index (χ0v) is 10.7. The summed E-state index contributed by atoms with van der Waals surface area (Å²) < 4.78 is 23.8. The Kier molecular flexibility index (Phi) is 4.10. The van der Waals surface area contributed by atoms with E-state index < -0.39 is 15.1 Å². The molecule has 0 aliphatic carbocycles. The van der Waals surface area contributed by atoms with E-state index in [0.29, 0.717) is 5.56 Å². The quantitative estimate of drug-likeness (QED) is 0.780. The maximum Gasteiger partial charge on any atom is 0.222 e. The van der Waals surface area contributed by atoms with E-state index >= 15 is 0 Å². The lowest BCUT2D eigenvalue weighted by atomic mass is 10.2. The zero-order chi connectivity index (χ0) is 12.3. The highest BCUT2D eigenvalue weighted by molar-refractivity contribution is 7.91. The molecule has 0 heterocycles. The molecule has 0 spiro atoms. The van der Waals surface area contributed by atoms with Crippen molar-refractivity contribution in [3.8, 4) is 0 Å². The zero-order valence-electron chi connectivity index (χ0n) is 9.16. The van der Waals surface area contributed by atoms with Crippen LogP contribution in [0.1, 0.15) is 17.5 Å². The number of carbonyl (C=O) groups excluding carboxylic acids is 1. The molecule has 0 aromatic heterocycles. The second-order valence-corrected chi connectivity index (χ2v) is 6.19. The summed E-state index contributed by atoms with van der Waals surface area (Å²) in [5.74, 6) is -0.236. The summed E-state index contributed by atoms with van der Waals surface area (Å²) in [5, 5.41) is -0.631. The number of carbonyl (C=O) groups is 1. The summed E-state index contributed by atoms with van der Waals surface area (Å²) in [6, 6.07) is 5.22. The van der Waals surface area contributed by atoms with Gasteiger partial charge in [0.2, 0.25) is 5.24 Å². The Morgan fingerprint density at radius 3 is 2.50 bits per heavy atom. The van der Waals surface area contributed by atoms with Crippen molar-refractivity contribution < 1.29 is 13.2 Å². The van der Waals surface area contributed by atoms with E-state index in [0.717, 1.165) is 5.56 Å². The van der Waals surface area contributed by atoms with Crippen molar-refractivity contribution in [1.82, 2.24) is 0 Å². The summed E-state index contributed by atoms with van der Waals surface area (Å²) in [7, 11) is -3.41. The van der Waals surface area contributed by atoms with E-state index in [2.05, 4.69) is 0 Å². The normalized spacial score (nSPS) is 11.4. The van der Waals surface area contributed by atoms with Crippen molar-refractivity contribution in [3.05, 3.63) is 29.3 Å². The molecule has 16 heavy (non-hydrogen) atoms. The van der Waals surface area contributed by atoms with Gasteiger partial charge in [0.05, 0.1) is 10.6 Å². The van der Waals surface area contributed by atoms with Gasteiger partial charge in [-0.1, -0.05) is 12.1 Å². The molecule has 3 nitrogen and oxygen atoms in total. The third-order valence-corrected chi connectivity index (χ3v) is 4.29. The average Bonchev–Trinajstić information content (AvgIpc) is 2.19. The maximum absolute atomic E-state index is 11.9.